The largest absolute Gasteiger partial charge is 0.328 e. The number of hydrogen-bond acceptors (Lipinski definition) is 2. The van der Waals surface area contributed by atoms with Gasteiger partial charge in [0.15, 0.2) is 0 Å². The van der Waals surface area contributed by atoms with E-state index >= 15 is 0 Å². The molecule has 0 fully saturated rings. The van der Waals surface area contributed by atoms with Gasteiger partial charge in [-0.05, 0) is 38.0 Å². The zero-order chi connectivity index (χ0) is 12.1. The van der Waals surface area contributed by atoms with E-state index in [9.17, 15) is 4.79 Å². The molecule has 1 aromatic rings. The Hall–Kier alpha value is -0.870. The van der Waals surface area contributed by atoms with Crippen LogP contribution in [-0.2, 0) is 4.79 Å². The Morgan fingerprint density at radius 3 is 2.88 bits per heavy atom. The number of hydrogen-bond donors (Lipinski definition) is 2. The van der Waals surface area contributed by atoms with Crippen molar-refractivity contribution in [2.75, 3.05) is 5.32 Å². The van der Waals surface area contributed by atoms with Gasteiger partial charge >= 0.3 is 0 Å². The Morgan fingerprint density at radius 2 is 2.25 bits per heavy atom. The smallest absolute Gasteiger partial charge is 0.224 e. The third-order valence-electron chi connectivity index (χ3n) is 2.30. The van der Waals surface area contributed by atoms with Gasteiger partial charge in [0.2, 0.25) is 5.91 Å². The molecule has 0 aromatic heterocycles. The Kier molecular flexibility index (Phi) is 4.96. The van der Waals surface area contributed by atoms with E-state index in [0.29, 0.717) is 12.8 Å². The van der Waals surface area contributed by atoms with Gasteiger partial charge in [-0.25, -0.2) is 0 Å². The summed E-state index contributed by atoms with van der Waals surface area (Å²) in [5.74, 6) is 0.0125. The molecule has 4 heteroatoms. The quantitative estimate of drug-likeness (QED) is 0.893. The number of benzene rings is 1. The predicted molar refractivity (Wildman–Crippen MR) is 70.4 cm³/mol. The maximum Gasteiger partial charge on any atom is 0.224 e. The third-order valence-corrected chi connectivity index (χ3v) is 2.79. The zero-order valence-corrected chi connectivity index (χ0v) is 11.2. The molecular formula is C12H17BrN2O. The van der Waals surface area contributed by atoms with Crippen molar-refractivity contribution in [1.82, 2.24) is 0 Å². The molecule has 0 aliphatic rings. The SMILES string of the molecule is Cc1ccc(Br)cc1NC(=O)CCC(C)N. The standard InChI is InChI=1S/C12H17BrN2O/c1-8-3-5-10(13)7-11(8)15-12(16)6-4-9(2)14/h3,5,7,9H,4,6,14H2,1-2H3,(H,15,16). The van der Waals surface area contributed by atoms with Crippen LogP contribution in [0.25, 0.3) is 0 Å². The minimum atomic E-state index is 0.0125. The first-order valence-electron chi connectivity index (χ1n) is 5.30. The van der Waals surface area contributed by atoms with Gasteiger partial charge in [0.05, 0.1) is 0 Å². The van der Waals surface area contributed by atoms with Crippen molar-refractivity contribution in [3.63, 3.8) is 0 Å². The van der Waals surface area contributed by atoms with Crippen LogP contribution in [-0.4, -0.2) is 11.9 Å². The molecular weight excluding hydrogens is 268 g/mol. The molecule has 3 N–H and O–H groups in total. The molecule has 0 bridgehead atoms. The lowest BCUT2D eigenvalue weighted by Crippen LogP contribution is -2.19. The van der Waals surface area contributed by atoms with Gasteiger partial charge in [0, 0.05) is 22.6 Å². The molecule has 16 heavy (non-hydrogen) atoms. The van der Waals surface area contributed by atoms with Gasteiger partial charge in [-0.15, -0.1) is 0 Å². The van der Waals surface area contributed by atoms with Crippen molar-refractivity contribution in [3.05, 3.63) is 28.2 Å². The van der Waals surface area contributed by atoms with Crippen LogP contribution in [0.3, 0.4) is 0 Å². The summed E-state index contributed by atoms with van der Waals surface area (Å²) in [4.78, 5) is 11.6. The summed E-state index contributed by atoms with van der Waals surface area (Å²) in [6.07, 6.45) is 1.17. The molecule has 0 saturated carbocycles. The fourth-order valence-electron chi connectivity index (χ4n) is 1.30. The lowest BCUT2D eigenvalue weighted by Gasteiger charge is -2.09. The number of anilines is 1. The summed E-state index contributed by atoms with van der Waals surface area (Å²) in [6.45, 7) is 3.87. The number of rotatable bonds is 4. The van der Waals surface area contributed by atoms with Crippen LogP contribution in [0.5, 0.6) is 0 Å². The maximum absolute atomic E-state index is 11.6. The molecule has 0 heterocycles. The first kappa shape index (κ1) is 13.2. The first-order chi connectivity index (χ1) is 7.49. The lowest BCUT2D eigenvalue weighted by molar-refractivity contribution is -0.116. The Morgan fingerprint density at radius 1 is 1.56 bits per heavy atom. The third kappa shape index (κ3) is 4.33. The number of halogens is 1. The topological polar surface area (TPSA) is 55.1 Å². The molecule has 1 unspecified atom stereocenters. The van der Waals surface area contributed by atoms with Gasteiger partial charge in [-0.2, -0.15) is 0 Å². The molecule has 1 aromatic carbocycles. The maximum atomic E-state index is 11.6. The lowest BCUT2D eigenvalue weighted by atomic mass is 10.1. The van der Waals surface area contributed by atoms with E-state index in [4.69, 9.17) is 5.73 Å². The normalized spacial score (nSPS) is 12.2. The first-order valence-corrected chi connectivity index (χ1v) is 6.10. The summed E-state index contributed by atoms with van der Waals surface area (Å²) < 4.78 is 0.959. The highest BCUT2D eigenvalue weighted by Crippen LogP contribution is 2.20. The minimum absolute atomic E-state index is 0.0125. The molecule has 1 amide bonds. The van der Waals surface area contributed by atoms with Crippen molar-refractivity contribution in [2.45, 2.75) is 32.7 Å². The number of nitrogens with one attached hydrogen (secondary N) is 1. The molecule has 0 radical (unpaired) electrons. The van der Waals surface area contributed by atoms with E-state index in [-0.39, 0.29) is 11.9 Å². The van der Waals surface area contributed by atoms with Gasteiger partial charge in [0.1, 0.15) is 0 Å². The number of carbonyl (C=O) groups excluding carboxylic acids is 1. The average molecular weight is 285 g/mol. The van der Waals surface area contributed by atoms with Crippen LogP contribution in [0.2, 0.25) is 0 Å². The van der Waals surface area contributed by atoms with E-state index in [1.165, 1.54) is 0 Å². The van der Waals surface area contributed by atoms with Crippen molar-refractivity contribution in [1.29, 1.82) is 0 Å². The summed E-state index contributed by atoms with van der Waals surface area (Å²) in [5.41, 5.74) is 7.50. The summed E-state index contributed by atoms with van der Waals surface area (Å²) in [6, 6.07) is 5.88. The fraction of sp³-hybridized carbons (Fsp3) is 0.417. The van der Waals surface area contributed by atoms with E-state index in [0.717, 1.165) is 15.7 Å². The average Bonchev–Trinajstić information content (AvgIpc) is 2.20. The van der Waals surface area contributed by atoms with Crippen LogP contribution >= 0.6 is 15.9 Å². The second-order valence-electron chi connectivity index (χ2n) is 4.02. The summed E-state index contributed by atoms with van der Waals surface area (Å²) >= 11 is 3.38. The van der Waals surface area contributed by atoms with Crippen LogP contribution in [0, 0.1) is 6.92 Å². The van der Waals surface area contributed by atoms with E-state index < -0.39 is 0 Å². The van der Waals surface area contributed by atoms with Gasteiger partial charge < -0.3 is 11.1 Å². The van der Waals surface area contributed by atoms with Gasteiger partial charge in [0.25, 0.3) is 0 Å². The molecule has 88 valence electrons. The fourth-order valence-corrected chi connectivity index (χ4v) is 1.66. The predicted octanol–water partition coefficient (Wildman–Crippen LogP) is 2.82. The Balaban J connectivity index is 2.59. The van der Waals surface area contributed by atoms with Crippen LogP contribution in [0.1, 0.15) is 25.3 Å². The van der Waals surface area contributed by atoms with Crippen LogP contribution in [0.15, 0.2) is 22.7 Å². The molecule has 0 aliphatic heterocycles. The van der Waals surface area contributed by atoms with Crippen LogP contribution < -0.4 is 11.1 Å². The van der Waals surface area contributed by atoms with Crippen molar-refractivity contribution < 1.29 is 4.79 Å². The van der Waals surface area contributed by atoms with Crippen molar-refractivity contribution in [2.24, 2.45) is 5.73 Å². The Labute approximate surface area is 105 Å². The highest BCUT2D eigenvalue weighted by molar-refractivity contribution is 9.10. The number of carbonyl (C=O) groups is 1. The molecule has 0 saturated heterocycles. The molecule has 0 aliphatic carbocycles. The highest BCUT2D eigenvalue weighted by atomic mass is 79.9. The monoisotopic (exact) mass is 284 g/mol. The number of nitrogens with two attached hydrogens (primary N) is 1. The molecule has 3 nitrogen and oxygen atoms in total. The number of amides is 1. The summed E-state index contributed by atoms with van der Waals surface area (Å²) in [5, 5.41) is 2.88. The molecule has 0 spiro atoms. The van der Waals surface area contributed by atoms with E-state index in [2.05, 4.69) is 21.2 Å². The molecule has 1 atom stereocenters. The zero-order valence-electron chi connectivity index (χ0n) is 9.59. The van der Waals surface area contributed by atoms with Crippen molar-refractivity contribution in [3.8, 4) is 0 Å². The minimum Gasteiger partial charge on any atom is -0.328 e. The highest BCUT2D eigenvalue weighted by Gasteiger charge is 2.06. The summed E-state index contributed by atoms with van der Waals surface area (Å²) in [7, 11) is 0. The second kappa shape index (κ2) is 6.01. The second-order valence-corrected chi connectivity index (χ2v) is 4.94. The van der Waals surface area contributed by atoms with Crippen molar-refractivity contribution >= 4 is 27.5 Å². The molecule has 1 rings (SSSR count). The number of aryl methyl sites for hydroxylation is 1. The Bertz CT molecular complexity index is 377. The van der Waals surface area contributed by atoms with Crippen LogP contribution in [0.4, 0.5) is 5.69 Å². The van der Waals surface area contributed by atoms with Gasteiger partial charge in [-0.3, -0.25) is 4.79 Å². The van der Waals surface area contributed by atoms with E-state index in [1.54, 1.807) is 0 Å². The van der Waals surface area contributed by atoms with E-state index in [1.807, 2.05) is 32.0 Å². The van der Waals surface area contributed by atoms with Gasteiger partial charge in [-0.1, -0.05) is 22.0 Å².